The maximum Gasteiger partial charge on any atom is 0.304 e. The highest BCUT2D eigenvalue weighted by molar-refractivity contribution is 6.03. The van der Waals surface area contributed by atoms with E-state index in [1.807, 2.05) is 0 Å². The molecule has 18 heavy (non-hydrogen) atoms. The van der Waals surface area contributed by atoms with Crippen LogP contribution in [0.15, 0.2) is 30.5 Å². The maximum atomic E-state index is 13.3. The van der Waals surface area contributed by atoms with Gasteiger partial charge in [0.15, 0.2) is 0 Å². The zero-order valence-corrected chi connectivity index (χ0v) is 8.88. The second-order valence-electron chi connectivity index (χ2n) is 3.35. The predicted octanol–water partition coefficient (Wildman–Crippen LogP) is 1.71. The summed E-state index contributed by atoms with van der Waals surface area (Å²) in [5, 5.41) is 19.0. The topological polar surface area (TPSA) is 101 Å². The number of nitrogens with zero attached hydrogens (tertiary/aromatic N) is 2. The molecule has 0 aliphatic rings. The molecule has 0 atom stereocenters. The average molecular weight is 250 g/mol. The van der Waals surface area contributed by atoms with Crippen molar-refractivity contribution >= 4 is 17.4 Å². The number of aromatic nitrogens is 2. The van der Waals surface area contributed by atoms with Gasteiger partial charge in [0.2, 0.25) is 5.82 Å². The second-order valence-corrected chi connectivity index (χ2v) is 3.35. The number of hydrogen-bond donors (Lipinski definition) is 2. The van der Waals surface area contributed by atoms with Crippen LogP contribution in [0.25, 0.3) is 0 Å². The highest BCUT2D eigenvalue weighted by Gasteiger charge is 2.16. The highest BCUT2D eigenvalue weighted by Crippen LogP contribution is 2.18. The smallest absolute Gasteiger partial charge is 0.304 e. The minimum absolute atomic E-state index is 0.0206. The van der Waals surface area contributed by atoms with Gasteiger partial charge in [-0.25, -0.2) is 0 Å². The van der Waals surface area contributed by atoms with Crippen molar-refractivity contribution in [2.75, 3.05) is 5.32 Å². The number of hydrogen-bond acceptors (Lipinski definition) is 4. The summed E-state index contributed by atoms with van der Waals surface area (Å²) in [6.45, 7) is 0. The van der Waals surface area contributed by atoms with Gasteiger partial charge in [0.05, 0.1) is 11.1 Å². The Morgan fingerprint density at radius 1 is 1.44 bits per heavy atom. The van der Waals surface area contributed by atoms with E-state index in [-0.39, 0.29) is 5.56 Å². The molecule has 0 unspecified atom stereocenters. The molecule has 1 aromatic heterocycles. The number of nitro groups is 1. The normalized spacial score (nSPS) is 10.1. The van der Waals surface area contributed by atoms with Gasteiger partial charge in [-0.1, -0.05) is 0 Å². The van der Waals surface area contributed by atoms with Crippen molar-refractivity contribution in [3.8, 4) is 0 Å². The molecule has 0 saturated carbocycles. The molecule has 0 radical (unpaired) electrons. The second kappa shape index (κ2) is 4.62. The van der Waals surface area contributed by atoms with Crippen molar-refractivity contribution < 1.29 is 14.1 Å². The number of carbonyl (C=O) groups is 1. The number of aromatic amines is 1. The Balaban J connectivity index is 2.21. The summed E-state index contributed by atoms with van der Waals surface area (Å²) < 4.78 is 13.3. The van der Waals surface area contributed by atoms with Crippen molar-refractivity contribution in [3.05, 3.63) is 52.0 Å². The van der Waals surface area contributed by atoms with Gasteiger partial charge in [0.25, 0.3) is 5.91 Å². The van der Waals surface area contributed by atoms with E-state index in [2.05, 4.69) is 15.5 Å². The number of halogens is 1. The number of nitrogens with one attached hydrogen (secondary N) is 2. The number of amides is 1. The molecule has 0 bridgehead atoms. The van der Waals surface area contributed by atoms with Gasteiger partial charge in [0, 0.05) is 17.7 Å². The molecular weight excluding hydrogens is 243 g/mol. The van der Waals surface area contributed by atoms with Gasteiger partial charge in [-0.15, -0.1) is 0 Å². The first kappa shape index (κ1) is 11.7. The van der Waals surface area contributed by atoms with Crippen LogP contribution >= 0.6 is 0 Å². The molecule has 1 amide bonds. The molecule has 0 aliphatic heterocycles. The molecule has 92 valence electrons. The fraction of sp³-hybridized carbons (Fsp3) is 0. The van der Waals surface area contributed by atoms with Crippen LogP contribution < -0.4 is 5.32 Å². The van der Waals surface area contributed by atoms with Crippen molar-refractivity contribution in [2.24, 2.45) is 0 Å². The summed E-state index contributed by atoms with van der Waals surface area (Å²) in [5.74, 6) is -1.30. The highest BCUT2D eigenvalue weighted by atomic mass is 19.1. The van der Waals surface area contributed by atoms with Gasteiger partial charge >= 0.3 is 5.69 Å². The third-order valence-corrected chi connectivity index (χ3v) is 2.16. The van der Waals surface area contributed by atoms with E-state index in [1.54, 1.807) is 0 Å². The minimum atomic E-state index is -1.06. The van der Waals surface area contributed by atoms with Gasteiger partial charge in [-0.3, -0.25) is 20.0 Å². The standard InChI is InChI=1S/C10H7FN4O3/c11-7-5-6(1-2-8(7)15(17)18)10(16)13-9-3-4-12-14-9/h1-5H,(H2,12,13,14,16). The molecule has 1 heterocycles. The molecule has 0 saturated heterocycles. The third-order valence-electron chi connectivity index (χ3n) is 2.16. The van der Waals surface area contributed by atoms with E-state index in [0.717, 1.165) is 12.1 Å². The third kappa shape index (κ3) is 2.32. The van der Waals surface area contributed by atoms with E-state index >= 15 is 0 Å². The number of rotatable bonds is 3. The molecule has 1 aromatic carbocycles. The van der Waals surface area contributed by atoms with Crippen molar-refractivity contribution in [1.29, 1.82) is 0 Å². The van der Waals surface area contributed by atoms with Crippen LogP contribution in [0.5, 0.6) is 0 Å². The average Bonchev–Trinajstić information content (AvgIpc) is 2.81. The lowest BCUT2D eigenvalue weighted by atomic mass is 10.2. The summed E-state index contributed by atoms with van der Waals surface area (Å²) in [7, 11) is 0. The quantitative estimate of drug-likeness (QED) is 0.639. The fourth-order valence-electron chi connectivity index (χ4n) is 1.32. The molecular formula is C10H7FN4O3. The number of H-pyrrole nitrogens is 1. The number of carbonyl (C=O) groups excluding carboxylic acids is 1. The first-order chi connectivity index (χ1) is 8.58. The number of nitro benzene ring substituents is 1. The van der Waals surface area contributed by atoms with Gasteiger partial charge < -0.3 is 5.32 Å². The van der Waals surface area contributed by atoms with E-state index in [9.17, 15) is 19.3 Å². The summed E-state index contributed by atoms with van der Waals surface area (Å²) in [6, 6.07) is 4.44. The van der Waals surface area contributed by atoms with Crippen LogP contribution in [0.4, 0.5) is 15.9 Å². The number of benzene rings is 1. The van der Waals surface area contributed by atoms with Gasteiger partial charge in [-0.05, 0) is 12.1 Å². The first-order valence-corrected chi connectivity index (χ1v) is 4.82. The lowest BCUT2D eigenvalue weighted by Crippen LogP contribution is -2.12. The Kier molecular flexibility index (Phi) is 3.00. The van der Waals surface area contributed by atoms with E-state index in [1.165, 1.54) is 18.3 Å². The van der Waals surface area contributed by atoms with E-state index in [0.29, 0.717) is 5.82 Å². The molecule has 2 N–H and O–H groups in total. The minimum Gasteiger partial charge on any atom is -0.307 e. The SMILES string of the molecule is O=C(Nc1ccn[nH]1)c1ccc([N+](=O)[O-])c(F)c1. The predicted molar refractivity (Wildman–Crippen MR) is 59.6 cm³/mol. The molecule has 0 aliphatic carbocycles. The van der Waals surface area contributed by atoms with Crippen LogP contribution in [-0.4, -0.2) is 21.0 Å². The zero-order chi connectivity index (χ0) is 13.1. The van der Waals surface area contributed by atoms with Gasteiger partial charge in [-0.2, -0.15) is 9.49 Å². The van der Waals surface area contributed by atoms with Crippen molar-refractivity contribution in [1.82, 2.24) is 10.2 Å². The Morgan fingerprint density at radius 3 is 2.78 bits per heavy atom. The Hall–Kier alpha value is -2.77. The zero-order valence-electron chi connectivity index (χ0n) is 8.88. The Bertz CT molecular complexity index is 597. The molecule has 2 aromatic rings. The molecule has 0 spiro atoms. The molecule has 8 heteroatoms. The van der Waals surface area contributed by atoms with Gasteiger partial charge in [0.1, 0.15) is 5.82 Å². The monoisotopic (exact) mass is 250 g/mol. The van der Waals surface area contributed by atoms with Crippen molar-refractivity contribution in [2.45, 2.75) is 0 Å². The number of anilines is 1. The summed E-state index contributed by atoms with van der Waals surface area (Å²) in [5.41, 5.74) is -0.694. The Morgan fingerprint density at radius 2 is 2.22 bits per heavy atom. The van der Waals surface area contributed by atoms with Crippen LogP contribution in [0.1, 0.15) is 10.4 Å². The van der Waals surface area contributed by atoms with Crippen molar-refractivity contribution in [3.63, 3.8) is 0 Å². The van der Waals surface area contributed by atoms with Crippen LogP contribution in [0, 0.1) is 15.9 Å². The first-order valence-electron chi connectivity index (χ1n) is 4.82. The fourth-order valence-corrected chi connectivity index (χ4v) is 1.32. The Labute approximate surface area is 99.8 Å². The van der Waals surface area contributed by atoms with E-state index in [4.69, 9.17) is 0 Å². The van der Waals surface area contributed by atoms with Crippen LogP contribution in [0.2, 0.25) is 0 Å². The van der Waals surface area contributed by atoms with Crippen LogP contribution in [-0.2, 0) is 0 Å². The van der Waals surface area contributed by atoms with Crippen LogP contribution in [0.3, 0.4) is 0 Å². The molecule has 2 rings (SSSR count). The lowest BCUT2D eigenvalue weighted by Gasteiger charge is -2.02. The largest absolute Gasteiger partial charge is 0.307 e. The summed E-state index contributed by atoms with van der Waals surface area (Å²) in [4.78, 5) is 21.2. The lowest BCUT2D eigenvalue weighted by molar-refractivity contribution is -0.387. The van der Waals surface area contributed by atoms with E-state index < -0.39 is 22.3 Å². The molecule has 7 nitrogen and oxygen atoms in total. The molecule has 0 fully saturated rings. The summed E-state index contributed by atoms with van der Waals surface area (Å²) in [6.07, 6.45) is 1.44. The summed E-state index contributed by atoms with van der Waals surface area (Å²) >= 11 is 0. The maximum absolute atomic E-state index is 13.3.